The van der Waals surface area contributed by atoms with E-state index in [4.69, 9.17) is 4.74 Å². The van der Waals surface area contributed by atoms with E-state index in [-0.39, 0.29) is 5.60 Å². The second-order valence-electron chi connectivity index (χ2n) is 4.63. The van der Waals surface area contributed by atoms with E-state index in [1.165, 1.54) is 35.9 Å². The van der Waals surface area contributed by atoms with Crippen LogP contribution in [0.1, 0.15) is 19.8 Å². The van der Waals surface area contributed by atoms with Crippen molar-refractivity contribution in [3.63, 3.8) is 0 Å². The third-order valence-electron chi connectivity index (χ3n) is 3.08. The summed E-state index contributed by atoms with van der Waals surface area (Å²) >= 11 is 4.16. The van der Waals surface area contributed by atoms with Gasteiger partial charge in [-0.05, 0) is 19.8 Å². The fourth-order valence-electron chi connectivity index (χ4n) is 2.07. The highest BCUT2D eigenvalue weighted by molar-refractivity contribution is 8.03. The second-order valence-corrected chi connectivity index (χ2v) is 6.93. The lowest BCUT2D eigenvalue weighted by molar-refractivity contribution is 0.0197. The highest BCUT2D eigenvalue weighted by Crippen LogP contribution is 2.24. The summed E-state index contributed by atoms with van der Waals surface area (Å²) in [6.45, 7) is 4.22. The van der Waals surface area contributed by atoms with E-state index >= 15 is 0 Å². The summed E-state index contributed by atoms with van der Waals surface area (Å²) in [5, 5.41) is 3.68. The zero-order chi connectivity index (χ0) is 10.6. The number of ether oxygens (including phenoxy) is 1. The fourth-order valence-corrected chi connectivity index (χ4v) is 4.54. The largest absolute Gasteiger partial charge is 0.374 e. The van der Waals surface area contributed by atoms with Crippen molar-refractivity contribution in [3.8, 4) is 0 Å². The summed E-state index contributed by atoms with van der Waals surface area (Å²) in [6.07, 6.45) is 2.44. The van der Waals surface area contributed by atoms with Crippen LogP contribution in [0.5, 0.6) is 0 Å². The lowest BCUT2D eigenvalue weighted by Gasteiger charge is -2.26. The Morgan fingerprint density at radius 2 is 2.07 bits per heavy atom. The Morgan fingerprint density at radius 1 is 1.33 bits per heavy atom. The van der Waals surface area contributed by atoms with E-state index in [1.54, 1.807) is 0 Å². The molecular formula is C11H21NOS2. The molecule has 2 saturated heterocycles. The molecule has 0 radical (unpaired) electrons. The van der Waals surface area contributed by atoms with Gasteiger partial charge in [0.2, 0.25) is 0 Å². The number of hydrogen-bond acceptors (Lipinski definition) is 4. The SMILES string of the molecule is CC1(CNC2CSCCSC2)CCCO1. The molecule has 0 saturated carbocycles. The minimum atomic E-state index is 0.113. The van der Waals surface area contributed by atoms with Crippen molar-refractivity contribution in [2.45, 2.75) is 31.4 Å². The van der Waals surface area contributed by atoms with Crippen molar-refractivity contribution in [2.75, 3.05) is 36.2 Å². The Balaban J connectivity index is 1.71. The molecule has 0 aromatic heterocycles. The molecule has 2 rings (SSSR count). The van der Waals surface area contributed by atoms with E-state index in [2.05, 4.69) is 35.8 Å². The van der Waals surface area contributed by atoms with Crippen molar-refractivity contribution in [1.29, 1.82) is 0 Å². The maximum absolute atomic E-state index is 5.79. The van der Waals surface area contributed by atoms with Crippen LogP contribution in [0.2, 0.25) is 0 Å². The minimum Gasteiger partial charge on any atom is -0.374 e. The topological polar surface area (TPSA) is 21.3 Å². The third-order valence-corrected chi connectivity index (χ3v) is 5.60. The normalized spacial score (nSPS) is 34.2. The van der Waals surface area contributed by atoms with Crippen molar-refractivity contribution >= 4 is 23.5 Å². The van der Waals surface area contributed by atoms with Gasteiger partial charge in [0.05, 0.1) is 5.60 Å². The van der Waals surface area contributed by atoms with Crippen LogP contribution in [-0.2, 0) is 4.74 Å². The van der Waals surface area contributed by atoms with Gasteiger partial charge in [0.1, 0.15) is 0 Å². The van der Waals surface area contributed by atoms with Crippen LogP contribution in [-0.4, -0.2) is 47.8 Å². The molecule has 1 atom stereocenters. The molecule has 0 aromatic rings. The molecule has 4 heteroatoms. The van der Waals surface area contributed by atoms with Crippen LogP contribution in [0.3, 0.4) is 0 Å². The van der Waals surface area contributed by atoms with Crippen molar-refractivity contribution in [3.05, 3.63) is 0 Å². The maximum Gasteiger partial charge on any atom is 0.0779 e. The Morgan fingerprint density at radius 3 is 2.67 bits per heavy atom. The molecule has 2 fully saturated rings. The minimum absolute atomic E-state index is 0.113. The summed E-state index contributed by atoms with van der Waals surface area (Å²) in [6, 6.07) is 0.684. The van der Waals surface area contributed by atoms with E-state index in [0.29, 0.717) is 6.04 Å². The van der Waals surface area contributed by atoms with Crippen molar-refractivity contribution in [1.82, 2.24) is 5.32 Å². The third kappa shape index (κ3) is 3.84. The van der Waals surface area contributed by atoms with Crippen LogP contribution in [0.15, 0.2) is 0 Å². The summed E-state index contributed by atoms with van der Waals surface area (Å²) in [7, 11) is 0. The zero-order valence-corrected chi connectivity index (χ0v) is 11.1. The van der Waals surface area contributed by atoms with E-state index in [1.807, 2.05) is 0 Å². The van der Waals surface area contributed by atoms with Gasteiger partial charge < -0.3 is 10.1 Å². The average Bonchev–Trinajstić information content (AvgIpc) is 2.53. The highest BCUT2D eigenvalue weighted by Gasteiger charge is 2.30. The molecule has 88 valence electrons. The van der Waals surface area contributed by atoms with Gasteiger partial charge >= 0.3 is 0 Å². The van der Waals surface area contributed by atoms with Gasteiger partial charge in [0, 0.05) is 42.2 Å². The molecule has 1 N–H and O–H groups in total. The average molecular weight is 247 g/mol. The van der Waals surface area contributed by atoms with Crippen LogP contribution >= 0.6 is 23.5 Å². The van der Waals surface area contributed by atoms with Crippen LogP contribution in [0.4, 0.5) is 0 Å². The molecule has 1 unspecified atom stereocenters. The van der Waals surface area contributed by atoms with Gasteiger partial charge in [-0.1, -0.05) is 0 Å². The highest BCUT2D eigenvalue weighted by atomic mass is 32.2. The summed E-state index contributed by atoms with van der Waals surface area (Å²) in [5.74, 6) is 5.17. The molecule has 2 nitrogen and oxygen atoms in total. The first kappa shape index (κ1) is 12.1. The molecular weight excluding hydrogens is 226 g/mol. The number of nitrogens with one attached hydrogen (secondary N) is 1. The molecule has 15 heavy (non-hydrogen) atoms. The Hall–Kier alpha value is 0.620. The summed E-state index contributed by atoms with van der Waals surface area (Å²) < 4.78 is 5.79. The van der Waals surface area contributed by atoms with Gasteiger partial charge in [-0.2, -0.15) is 23.5 Å². The fraction of sp³-hybridized carbons (Fsp3) is 1.00. The van der Waals surface area contributed by atoms with Gasteiger partial charge in [-0.3, -0.25) is 0 Å². The first-order valence-electron chi connectivity index (χ1n) is 5.81. The predicted molar refractivity (Wildman–Crippen MR) is 70.0 cm³/mol. The van der Waals surface area contributed by atoms with E-state index < -0.39 is 0 Å². The van der Waals surface area contributed by atoms with Crippen molar-refractivity contribution in [2.24, 2.45) is 0 Å². The molecule has 0 aromatic carbocycles. The molecule has 0 aliphatic carbocycles. The molecule has 2 aliphatic rings. The lowest BCUT2D eigenvalue weighted by Crippen LogP contribution is -2.44. The first-order valence-corrected chi connectivity index (χ1v) is 8.12. The molecule has 0 amide bonds. The molecule has 2 aliphatic heterocycles. The quantitative estimate of drug-likeness (QED) is 0.823. The molecule has 0 spiro atoms. The number of hydrogen-bond donors (Lipinski definition) is 1. The standard InChI is InChI=1S/C11H21NOS2/c1-11(3-2-4-13-11)9-12-10-7-14-5-6-15-8-10/h10,12H,2-9H2,1H3. The monoisotopic (exact) mass is 247 g/mol. The van der Waals surface area contributed by atoms with Gasteiger partial charge in [-0.25, -0.2) is 0 Å². The smallest absolute Gasteiger partial charge is 0.0779 e. The predicted octanol–water partition coefficient (Wildman–Crippen LogP) is 1.99. The van der Waals surface area contributed by atoms with Crippen LogP contribution in [0, 0.1) is 0 Å². The van der Waals surface area contributed by atoms with Crippen LogP contribution < -0.4 is 5.32 Å². The number of rotatable bonds is 3. The second kappa shape index (κ2) is 5.80. The Bertz CT molecular complexity index is 187. The lowest BCUT2D eigenvalue weighted by atomic mass is 10.0. The Labute approximate surface area is 101 Å². The zero-order valence-electron chi connectivity index (χ0n) is 9.46. The van der Waals surface area contributed by atoms with Crippen molar-refractivity contribution < 1.29 is 4.74 Å². The van der Waals surface area contributed by atoms with Gasteiger partial charge in [0.15, 0.2) is 0 Å². The van der Waals surface area contributed by atoms with E-state index in [9.17, 15) is 0 Å². The summed E-state index contributed by atoms with van der Waals surface area (Å²) in [4.78, 5) is 0. The molecule has 0 bridgehead atoms. The summed E-state index contributed by atoms with van der Waals surface area (Å²) in [5.41, 5.74) is 0.113. The van der Waals surface area contributed by atoms with E-state index in [0.717, 1.165) is 13.2 Å². The number of thioether (sulfide) groups is 2. The van der Waals surface area contributed by atoms with Gasteiger partial charge in [-0.15, -0.1) is 0 Å². The maximum atomic E-state index is 5.79. The first-order chi connectivity index (χ1) is 7.29. The van der Waals surface area contributed by atoms with Gasteiger partial charge in [0.25, 0.3) is 0 Å². The Kier molecular flexibility index (Phi) is 4.68. The molecule has 2 heterocycles. The van der Waals surface area contributed by atoms with Crippen LogP contribution in [0.25, 0.3) is 0 Å².